The highest BCUT2D eigenvalue weighted by Gasteiger charge is 2.44. The number of nitrogens with zero attached hydrogens (tertiary/aromatic N) is 3. The summed E-state index contributed by atoms with van der Waals surface area (Å²) in [6, 6.07) is -0.359. The SMILES string of the molecule is Cn1ncc(Cl)c1S(=O)(=O)N1CCOC[C@@H]1[C@H]1CCC[C@@H]1O. The molecular weight excluding hydrogens is 330 g/mol. The first-order chi connectivity index (χ1) is 10.4. The number of hydrogen-bond acceptors (Lipinski definition) is 5. The molecule has 2 fully saturated rings. The van der Waals surface area contributed by atoms with Gasteiger partial charge in [-0.05, 0) is 12.8 Å². The monoisotopic (exact) mass is 349 g/mol. The zero-order valence-corrected chi connectivity index (χ0v) is 13.9. The largest absolute Gasteiger partial charge is 0.393 e. The molecule has 0 aromatic carbocycles. The lowest BCUT2D eigenvalue weighted by atomic mass is 9.96. The predicted octanol–water partition coefficient (Wildman–Crippen LogP) is 0.624. The van der Waals surface area contributed by atoms with E-state index in [-0.39, 0.29) is 28.6 Å². The Kier molecular flexibility index (Phi) is 4.48. The Bertz CT molecular complexity index is 628. The molecule has 0 spiro atoms. The summed E-state index contributed by atoms with van der Waals surface area (Å²) >= 11 is 6.02. The van der Waals surface area contributed by atoms with E-state index in [4.69, 9.17) is 16.3 Å². The molecule has 0 unspecified atom stereocenters. The van der Waals surface area contributed by atoms with E-state index in [2.05, 4.69) is 5.10 Å². The minimum atomic E-state index is -3.78. The van der Waals surface area contributed by atoms with Crippen LogP contribution < -0.4 is 0 Å². The van der Waals surface area contributed by atoms with Gasteiger partial charge in [-0.2, -0.15) is 9.40 Å². The molecule has 124 valence electrons. The van der Waals surface area contributed by atoms with Crippen molar-refractivity contribution < 1.29 is 18.3 Å². The molecule has 3 atom stereocenters. The molecule has 1 aromatic heterocycles. The highest BCUT2D eigenvalue weighted by molar-refractivity contribution is 7.89. The van der Waals surface area contributed by atoms with Crippen molar-refractivity contribution >= 4 is 21.6 Å². The maximum absolute atomic E-state index is 13.0. The molecule has 0 bridgehead atoms. The summed E-state index contributed by atoms with van der Waals surface area (Å²) in [6.45, 7) is 0.905. The maximum Gasteiger partial charge on any atom is 0.262 e. The van der Waals surface area contributed by atoms with Crippen molar-refractivity contribution in [2.45, 2.75) is 36.4 Å². The number of rotatable bonds is 3. The van der Waals surface area contributed by atoms with Crippen molar-refractivity contribution in [3.63, 3.8) is 0 Å². The van der Waals surface area contributed by atoms with E-state index in [1.54, 1.807) is 7.05 Å². The van der Waals surface area contributed by atoms with E-state index in [1.807, 2.05) is 0 Å². The molecule has 1 saturated carbocycles. The van der Waals surface area contributed by atoms with Crippen molar-refractivity contribution in [2.24, 2.45) is 13.0 Å². The van der Waals surface area contributed by atoms with E-state index in [1.165, 1.54) is 15.2 Å². The van der Waals surface area contributed by atoms with Gasteiger partial charge >= 0.3 is 0 Å². The fourth-order valence-corrected chi connectivity index (χ4v) is 5.71. The van der Waals surface area contributed by atoms with Crippen LogP contribution in [0.25, 0.3) is 0 Å². The van der Waals surface area contributed by atoms with Crippen LogP contribution in [-0.2, 0) is 21.8 Å². The van der Waals surface area contributed by atoms with Gasteiger partial charge in [0.15, 0.2) is 5.03 Å². The lowest BCUT2D eigenvalue weighted by Crippen LogP contribution is -2.53. The first-order valence-corrected chi connectivity index (χ1v) is 9.20. The number of halogens is 1. The predicted molar refractivity (Wildman–Crippen MR) is 80.1 cm³/mol. The molecule has 3 rings (SSSR count). The summed E-state index contributed by atoms with van der Waals surface area (Å²) in [5, 5.41) is 14.2. The Balaban J connectivity index is 1.96. The summed E-state index contributed by atoms with van der Waals surface area (Å²) in [5.74, 6) is -0.0953. The number of aliphatic hydroxyl groups excluding tert-OH is 1. The van der Waals surface area contributed by atoms with Gasteiger partial charge in [-0.1, -0.05) is 18.0 Å². The highest BCUT2D eigenvalue weighted by Crippen LogP contribution is 2.35. The van der Waals surface area contributed by atoms with E-state index < -0.39 is 16.1 Å². The fraction of sp³-hybridized carbons (Fsp3) is 0.769. The number of ether oxygens (including phenoxy) is 1. The minimum absolute atomic E-state index is 0.00597. The second-order valence-corrected chi connectivity index (χ2v) is 8.05. The van der Waals surface area contributed by atoms with Crippen LogP contribution in [0.3, 0.4) is 0 Å². The van der Waals surface area contributed by atoms with Gasteiger partial charge in [0.05, 0.1) is 36.6 Å². The molecule has 0 radical (unpaired) electrons. The van der Waals surface area contributed by atoms with Crippen molar-refractivity contribution in [3.8, 4) is 0 Å². The lowest BCUT2D eigenvalue weighted by Gasteiger charge is -2.38. The first-order valence-electron chi connectivity index (χ1n) is 7.38. The molecule has 1 aromatic rings. The number of morpholine rings is 1. The van der Waals surface area contributed by atoms with Crippen molar-refractivity contribution in [3.05, 3.63) is 11.2 Å². The molecular formula is C13H20ClN3O4S. The van der Waals surface area contributed by atoms with Crippen LogP contribution >= 0.6 is 11.6 Å². The Morgan fingerprint density at radius 3 is 2.82 bits per heavy atom. The number of hydrogen-bond donors (Lipinski definition) is 1. The molecule has 1 aliphatic heterocycles. The van der Waals surface area contributed by atoms with Crippen LogP contribution in [0.2, 0.25) is 5.02 Å². The average Bonchev–Trinajstić information content (AvgIpc) is 3.05. The van der Waals surface area contributed by atoms with Crippen LogP contribution in [0, 0.1) is 5.92 Å². The normalized spacial score (nSPS) is 30.8. The third-order valence-corrected chi connectivity index (χ3v) is 6.97. The van der Waals surface area contributed by atoms with Gasteiger partial charge in [0.25, 0.3) is 10.0 Å². The van der Waals surface area contributed by atoms with Crippen LogP contribution in [0.4, 0.5) is 0 Å². The van der Waals surface area contributed by atoms with Gasteiger partial charge < -0.3 is 9.84 Å². The molecule has 9 heteroatoms. The number of aromatic nitrogens is 2. The zero-order valence-electron chi connectivity index (χ0n) is 12.4. The minimum Gasteiger partial charge on any atom is -0.393 e. The first kappa shape index (κ1) is 16.2. The van der Waals surface area contributed by atoms with E-state index in [0.717, 1.165) is 12.8 Å². The molecule has 1 N–H and O–H groups in total. The Morgan fingerprint density at radius 1 is 1.45 bits per heavy atom. The standard InChI is InChI=1S/C13H20ClN3O4S/c1-16-13(10(14)7-15-16)22(19,20)17-5-6-21-8-11(17)9-3-2-4-12(9)18/h7,9,11-12,18H,2-6,8H2,1H3/t9-,11-,12+/m1/s1. The summed E-state index contributed by atoms with van der Waals surface area (Å²) in [6.07, 6.45) is 3.27. The van der Waals surface area contributed by atoms with Crippen LogP contribution in [0.15, 0.2) is 11.2 Å². The molecule has 2 heterocycles. The Hall–Kier alpha value is -0.670. The van der Waals surface area contributed by atoms with Crippen LogP contribution in [0.1, 0.15) is 19.3 Å². The summed E-state index contributed by atoms with van der Waals surface area (Å²) < 4.78 is 34.2. The van der Waals surface area contributed by atoms with Gasteiger partial charge in [0, 0.05) is 19.5 Å². The van der Waals surface area contributed by atoms with Gasteiger partial charge in [0.1, 0.15) is 0 Å². The van der Waals surface area contributed by atoms with Gasteiger partial charge in [-0.25, -0.2) is 8.42 Å². The third-order valence-electron chi connectivity index (χ3n) is 4.54. The molecule has 22 heavy (non-hydrogen) atoms. The quantitative estimate of drug-likeness (QED) is 0.865. The van der Waals surface area contributed by atoms with Crippen LogP contribution in [-0.4, -0.2) is 59.5 Å². The van der Waals surface area contributed by atoms with E-state index in [0.29, 0.717) is 19.6 Å². The van der Waals surface area contributed by atoms with Gasteiger partial charge in [0.2, 0.25) is 0 Å². The summed E-state index contributed by atoms with van der Waals surface area (Å²) in [7, 11) is -2.23. The molecule has 1 saturated heterocycles. The Morgan fingerprint density at radius 2 is 2.23 bits per heavy atom. The molecule has 2 aliphatic rings. The average molecular weight is 350 g/mol. The topological polar surface area (TPSA) is 84.7 Å². The number of aryl methyl sites for hydroxylation is 1. The highest BCUT2D eigenvalue weighted by atomic mass is 35.5. The number of aliphatic hydroxyl groups is 1. The molecule has 7 nitrogen and oxygen atoms in total. The summed E-state index contributed by atoms with van der Waals surface area (Å²) in [5.41, 5.74) is 0. The fourth-order valence-electron chi connectivity index (χ4n) is 3.46. The maximum atomic E-state index is 13.0. The summed E-state index contributed by atoms with van der Waals surface area (Å²) in [4.78, 5) is 0. The zero-order chi connectivity index (χ0) is 15.9. The van der Waals surface area contributed by atoms with Gasteiger partial charge in [-0.3, -0.25) is 4.68 Å². The van der Waals surface area contributed by atoms with Crippen molar-refractivity contribution in [2.75, 3.05) is 19.8 Å². The number of sulfonamides is 1. The Labute approximate surface area is 134 Å². The van der Waals surface area contributed by atoms with Crippen molar-refractivity contribution in [1.82, 2.24) is 14.1 Å². The second kappa shape index (κ2) is 6.09. The smallest absolute Gasteiger partial charge is 0.262 e. The van der Waals surface area contributed by atoms with E-state index >= 15 is 0 Å². The van der Waals surface area contributed by atoms with Gasteiger partial charge in [-0.15, -0.1) is 0 Å². The molecule has 0 amide bonds. The lowest BCUT2D eigenvalue weighted by molar-refractivity contribution is -0.0149. The second-order valence-electron chi connectivity index (χ2n) is 5.84. The third kappa shape index (κ3) is 2.67. The van der Waals surface area contributed by atoms with Crippen molar-refractivity contribution in [1.29, 1.82) is 0 Å². The van der Waals surface area contributed by atoms with Crippen LogP contribution in [0.5, 0.6) is 0 Å². The molecule has 1 aliphatic carbocycles. The van der Waals surface area contributed by atoms with E-state index in [9.17, 15) is 13.5 Å².